The Labute approximate surface area is 219 Å². The van der Waals surface area contributed by atoms with Gasteiger partial charge in [-0.2, -0.15) is 0 Å². The van der Waals surface area contributed by atoms with E-state index in [9.17, 15) is 9.59 Å². The van der Waals surface area contributed by atoms with E-state index in [1.165, 1.54) is 0 Å². The second-order valence-electron chi connectivity index (χ2n) is 10.3. The van der Waals surface area contributed by atoms with Crippen LogP contribution >= 0.6 is 0 Å². The van der Waals surface area contributed by atoms with E-state index < -0.39 is 11.9 Å². The van der Waals surface area contributed by atoms with Crippen LogP contribution in [0.3, 0.4) is 0 Å². The topological polar surface area (TPSA) is 56.5 Å². The summed E-state index contributed by atoms with van der Waals surface area (Å²) >= 11 is 0. The molecule has 2 aliphatic carbocycles. The van der Waals surface area contributed by atoms with Crippen LogP contribution < -0.4 is 4.57 Å². The minimum Gasteiger partial charge on any atom is -0.459 e. The van der Waals surface area contributed by atoms with E-state index in [1.807, 2.05) is 53.2 Å². The number of hydrogen-bond acceptors (Lipinski definition) is 4. The van der Waals surface area contributed by atoms with Gasteiger partial charge in [0.25, 0.3) is 0 Å². The van der Waals surface area contributed by atoms with Gasteiger partial charge in [-0.1, -0.05) is 61.4 Å². The van der Waals surface area contributed by atoms with Crippen LogP contribution in [0.2, 0.25) is 0 Å². The van der Waals surface area contributed by atoms with Gasteiger partial charge in [0.2, 0.25) is 0 Å². The second-order valence-corrected chi connectivity index (χ2v) is 10.3. The molecule has 2 fully saturated rings. The number of benzene rings is 2. The van der Waals surface area contributed by atoms with Gasteiger partial charge in [-0.3, -0.25) is 0 Å². The van der Waals surface area contributed by atoms with Crippen molar-refractivity contribution in [2.45, 2.75) is 83.0 Å². The van der Waals surface area contributed by atoms with Crippen molar-refractivity contribution in [1.29, 1.82) is 0 Å². The number of esters is 2. The summed E-state index contributed by atoms with van der Waals surface area (Å²) in [5.74, 6) is -1.12. The molecule has 0 amide bonds. The molecule has 2 saturated carbocycles. The van der Waals surface area contributed by atoms with E-state index in [-0.39, 0.29) is 17.8 Å². The number of fused-ring (bicyclic) bond motifs is 1. The van der Waals surface area contributed by atoms with Crippen molar-refractivity contribution in [3.05, 3.63) is 84.2 Å². The first-order valence-electron chi connectivity index (χ1n) is 13.8. The summed E-state index contributed by atoms with van der Waals surface area (Å²) < 4.78 is 14.0. The average molecular weight is 499 g/mol. The highest BCUT2D eigenvalue weighted by Gasteiger charge is 2.33. The van der Waals surface area contributed by atoms with Crippen molar-refractivity contribution in [3.8, 4) is 0 Å². The first-order chi connectivity index (χ1) is 18.2. The van der Waals surface area contributed by atoms with Crippen LogP contribution in [-0.4, -0.2) is 24.1 Å². The summed E-state index contributed by atoms with van der Waals surface area (Å²) in [6.07, 6.45) is 13.6. The Kier molecular flexibility index (Phi) is 8.29. The number of rotatable bonds is 7. The number of allylic oxidation sites excluding steroid dienone is 1. The van der Waals surface area contributed by atoms with Crippen molar-refractivity contribution in [2.24, 2.45) is 0 Å². The first kappa shape index (κ1) is 25.2. The van der Waals surface area contributed by atoms with Crippen molar-refractivity contribution < 1.29 is 23.6 Å². The van der Waals surface area contributed by atoms with Gasteiger partial charge >= 0.3 is 11.9 Å². The molecule has 0 atom stereocenters. The molecule has 0 radical (unpaired) electrons. The zero-order chi connectivity index (χ0) is 25.5. The van der Waals surface area contributed by atoms with Crippen LogP contribution in [0, 0.1) is 0 Å². The van der Waals surface area contributed by atoms with Crippen molar-refractivity contribution in [2.75, 3.05) is 0 Å². The van der Waals surface area contributed by atoms with Crippen LogP contribution in [0.15, 0.2) is 78.6 Å². The molecule has 0 bridgehead atoms. The van der Waals surface area contributed by atoms with Crippen LogP contribution in [0.1, 0.15) is 69.8 Å². The van der Waals surface area contributed by atoms with Crippen LogP contribution in [-0.2, 0) is 25.6 Å². The van der Waals surface area contributed by atoms with Crippen molar-refractivity contribution in [3.63, 3.8) is 0 Å². The van der Waals surface area contributed by atoms with E-state index >= 15 is 0 Å². The Balaban J connectivity index is 1.55. The molecule has 0 unspecified atom stereocenters. The third-order valence-corrected chi connectivity index (χ3v) is 7.57. The zero-order valence-corrected chi connectivity index (χ0v) is 21.4. The fraction of sp³-hybridized carbons (Fsp3) is 0.406. The Hall–Kier alpha value is -3.47. The van der Waals surface area contributed by atoms with Crippen molar-refractivity contribution >= 4 is 28.3 Å². The molecule has 3 aromatic rings. The van der Waals surface area contributed by atoms with E-state index in [0.717, 1.165) is 80.5 Å². The predicted octanol–water partition coefficient (Wildman–Crippen LogP) is 6.33. The highest BCUT2D eigenvalue weighted by Crippen LogP contribution is 2.28. The van der Waals surface area contributed by atoms with Gasteiger partial charge in [-0.25, -0.2) is 14.2 Å². The molecule has 2 aliphatic rings. The number of aromatic nitrogens is 1. The summed E-state index contributed by atoms with van der Waals surface area (Å²) in [4.78, 5) is 27.4. The van der Waals surface area contributed by atoms with Gasteiger partial charge in [0.05, 0.1) is 0 Å². The van der Waals surface area contributed by atoms with Crippen LogP contribution in [0.4, 0.5) is 0 Å². The number of pyridine rings is 1. The maximum atomic E-state index is 13.7. The van der Waals surface area contributed by atoms with Crippen LogP contribution in [0.5, 0.6) is 0 Å². The monoisotopic (exact) mass is 498 g/mol. The lowest BCUT2D eigenvalue weighted by atomic mass is 9.96. The molecule has 5 nitrogen and oxygen atoms in total. The van der Waals surface area contributed by atoms with E-state index in [0.29, 0.717) is 12.1 Å². The first-order valence-corrected chi connectivity index (χ1v) is 13.8. The molecule has 5 heteroatoms. The van der Waals surface area contributed by atoms with E-state index in [2.05, 4.69) is 24.4 Å². The number of nitrogens with zero attached hydrogens (tertiary/aromatic N) is 1. The molecule has 0 spiro atoms. The highest BCUT2D eigenvalue weighted by molar-refractivity contribution is 6.20. The molecular formula is C32H36NO4+. The lowest BCUT2D eigenvalue weighted by Gasteiger charge is -2.25. The lowest BCUT2D eigenvalue weighted by Crippen LogP contribution is -2.36. The number of carbonyl (C=O) groups is 2. The SMILES string of the molecule is O=C(OC1CCCCC1)C(C(=O)OC1CCCCC1)=C(C[n+]1ccc2ccccc2c1)c1ccccc1. The standard InChI is InChI=1S/C32H36NO4/c34-31(36-27-16-6-2-7-17-27)30(32(35)37-28-18-8-3-9-19-28)29(25-13-4-1-5-14-25)23-33-21-20-24-12-10-11-15-26(24)22-33/h1,4-5,10-15,20-22,27-28H,2-3,6-9,16-19,23H2/q+1. The Morgan fingerprint density at radius 1 is 0.676 bits per heavy atom. The van der Waals surface area contributed by atoms with Gasteiger partial charge in [0.1, 0.15) is 12.2 Å². The summed E-state index contributed by atoms with van der Waals surface area (Å²) in [7, 11) is 0. The van der Waals surface area contributed by atoms with Crippen LogP contribution in [0.25, 0.3) is 16.3 Å². The van der Waals surface area contributed by atoms with Gasteiger partial charge in [0.15, 0.2) is 24.5 Å². The fourth-order valence-electron chi connectivity index (χ4n) is 5.53. The van der Waals surface area contributed by atoms with E-state index in [1.54, 1.807) is 0 Å². The normalized spacial score (nSPS) is 16.8. The van der Waals surface area contributed by atoms with Gasteiger partial charge in [-0.15, -0.1) is 0 Å². The minimum atomic E-state index is -0.562. The number of ether oxygens (including phenoxy) is 2. The Morgan fingerprint density at radius 2 is 1.22 bits per heavy atom. The molecule has 0 saturated heterocycles. The minimum absolute atomic E-state index is 0.0306. The smallest absolute Gasteiger partial charge is 0.346 e. The third-order valence-electron chi connectivity index (χ3n) is 7.57. The van der Waals surface area contributed by atoms with Gasteiger partial charge < -0.3 is 9.47 Å². The maximum absolute atomic E-state index is 13.7. The quantitative estimate of drug-likeness (QED) is 0.126. The Morgan fingerprint density at radius 3 is 1.81 bits per heavy atom. The summed E-state index contributed by atoms with van der Waals surface area (Å²) in [6, 6.07) is 19.9. The number of hydrogen-bond donors (Lipinski definition) is 0. The predicted molar refractivity (Wildman–Crippen MR) is 143 cm³/mol. The molecule has 0 aliphatic heterocycles. The molecule has 1 heterocycles. The molecule has 0 N–H and O–H groups in total. The maximum Gasteiger partial charge on any atom is 0.346 e. The molecular weight excluding hydrogens is 462 g/mol. The van der Waals surface area contributed by atoms with Crippen molar-refractivity contribution in [1.82, 2.24) is 0 Å². The Bertz CT molecular complexity index is 1220. The largest absolute Gasteiger partial charge is 0.459 e. The number of carbonyl (C=O) groups excluding carboxylic acids is 2. The molecule has 37 heavy (non-hydrogen) atoms. The average Bonchev–Trinajstić information content (AvgIpc) is 2.94. The summed E-state index contributed by atoms with van der Waals surface area (Å²) in [6.45, 7) is 0.351. The molecule has 1 aromatic heterocycles. The third kappa shape index (κ3) is 6.46. The molecule has 192 valence electrons. The fourth-order valence-corrected chi connectivity index (χ4v) is 5.53. The summed E-state index contributed by atoms with van der Waals surface area (Å²) in [5, 5.41) is 2.23. The molecule has 2 aromatic carbocycles. The molecule has 5 rings (SSSR count). The lowest BCUT2D eigenvalue weighted by molar-refractivity contribution is -0.683. The van der Waals surface area contributed by atoms with Gasteiger partial charge in [-0.05, 0) is 68.4 Å². The second kappa shape index (κ2) is 12.2. The zero-order valence-electron chi connectivity index (χ0n) is 21.4. The van der Waals surface area contributed by atoms with E-state index in [4.69, 9.17) is 9.47 Å². The highest BCUT2D eigenvalue weighted by atomic mass is 16.6. The summed E-state index contributed by atoms with van der Waals surface area (Å²) in [5.41, 5.74) is 1.48. The van der Waals surface area contributed by atoms with Gasteiger partial charge in [0, 0.05) is 17.0 Å².